The van der Waals surface area contributed by atoms with Crippen LogP contribution in [-0.2, 0) is 9.53 Å². The summed E-state index contributed by atoms with van der Waals surface area (Å²) in [5, 5.41) is 11.6. The highest BCUT2D eigenvalue weighted by Crippen LogP contribution is 2.16. The highest BCUT2D eigenvalue weighted by molar-refractivity contribution is 5.98. The Morgan fingerprint density at radius 1 is 1.16 bits per heavy atom. The van der Waals surface area contributed by atoms with E-state index in [2.05, 4.69) is 5.32 Å². The molecule has 0 spiro atoms. The van der Waals surface area contributed by atoms with Gasteiger partial charge in [0.05, 0.1) is 16.8 Å². The molecule has 0 unspecified atom stereocenters. The number of hydrogen-bond acceptors (Lipinski definition) is 5. The fraction of sp³-hybridized carbons (Fsp3) is 0.211. The quantitative estimate of drug-likeness (QED) is 0.848. The molecular weight excluding hydrogens is 318 g/mol. The van der Waals surface area contributed by atoms with E-state index in [-0.39, 0.29) is 0 Å². The number of para-hydroxylation sites is 1. The van der Waals surface area contributed by atoms with Gasteiger partial charge in [0.25, 0.3) is 5.91 Å². The number of nitrogens with zero attached hydrogens (tertiary/aromatic N) is 2. The van der Waals surface area contributed by atoms with Gasteiger partial charge in [-0.25, -0.2) is 4.79 Å². The molecule has 6 heteroatoms. The van der Waals surface area contributed by atoms with Crippen molar-refractivity contribution in [2.75, 3.05) is 24.3 Å². The zero-order chi connectivity index (χ0) is 18.4. The summed E-state index contributed by atoms with van der Waals surface area (Å²) in [6.07, 6.45) is -0.998. The standard InChI is InChI=1S/C19H19N3O3/c1-13(18(23)21-17-10-5-4-7-15(17)12-20)25-19(24)14-8-6-9-16(11-14)22(2)3/h4-11,13H,1-3H3,(H,21,23)/t13-/m0/s1. The molecule has 1 N–H and O–H groups in total. The Hall–Kier alpha value is -3.33. The van der Waals surface area contributed by atoms with Crippen molar-refractivity contribution >= 4 is 23.3 Å². The summed E-state index contributed by atoms with van der Waals surface area (Å²) in [5.74, 6) is -1.08. The van der Waals surface area contributed by atoms with Crippen LogP contribution in [0.2, 0.25) is 0 Å². The number of hydrogen-bond donors (Lipinski definition) is 1. The maximum atomic E-state index is 12.2. The first-order valence-electron chi connectivity index (χ1n) is 7.70. The molecule has 0 fully saturated rings. The Morgan fingerprint density at radius 2 is 1.88 bits per heavy atom. The fourth-order valence-corrected chi connectivity index (χ4v) is 2.12. The minimum Gasteiger partial charge on any atom is -0.449 e. The van der Waals surface area contributed by atoms with Crippen LogP contribution in [0.5, 0.6) is 0 Å². The van der Waals surface area contributed by atoms with Crippen LogP contribution in [0.25, 0.3) is 0 Å². The molecule has 0 aliphatic heterocycles. The summed E-state index contributed by atoms with van der Waals surface area (Å²) in [4.78, 5) is 26.3. The molecule has 0 aromatic heterocycles. The lowest BCUT2D eigenvalue weighted by molar-refractivity contribution is -0.123. The third-order valence-corrected chi connectivity index (χ3v) is 3.56. The van der Waals surface area contributed by atoms with Crippen LogP contribution in [0.1, 0.15) is 22.8 Å². The molecule has 0 bridgehead atoms. The van der Waals surface area contributed by atoms with Crippen molar-refractivity contribution in [1.82, 2.24) is 0 Å². The van der Waals surface area contributed by atoms with Crippen molar-refractivity contribution in [3.05, 3.63) is 59.7 Å². The smallest absolute Gasteiger partial charge is 0.338 e. The number of ether oxygens (including phenoxy) is 1. The van der Waals surface area contributed by atoms with Crippen molar-refractivity contribution in [3.8, 4) is 6.07 Å². The van der Waals surface area contributed by atoms with Crippen molar-refractivity contribution in [2.24, 2.45) is 0 Å². The first-order chi connectivity index (χ1) is 11.9. The molecule has 0 heterocycles. The van der Waals surface area contributed by atoms with Crippen LogP contribution in [0.3, 0.4) is 0 Å². The molecule has 0 aliphatic carbocycles. The average Bonchev–Trinajstić information content (AvgIpc) is 2.62. The number of nitriles is 1. The van der Waals surface area contributed by atoms with Gasteiger partial charge in [0.15, 0.2) is 6.10 Å². The molecule has 2 aromatic rings. The lowest BCUT2D eigenvalue weighted by Crippen LogP contribution is -2.30. The van der Waals surface area contributed by atoms with E-state index in [0.29, 0.717) is 16.8 Å². The molecule has 0 aliphatic rings. The molecule has 1 atom stereocenters. The van der Waals surface area contributed by atoms with E-state index in [9.17, 15) is 9.59 Å². The number of anilines is 2. The SMILES string of the molecule is C[C@H](OC(=O)c1cccc(N(C)C)c1)C(=O)Nc1ccccc1C#N. The van der Waals surface area contributed by atoms with E-state index >= 15 is 0 Å². The second-order valence-electron chi connectivity index (χ2n) is 5.64. The number of esters is 1. The first kappa shape index (κ1) is 18.0. The van der Waals surface area contributed by atoms with Crippen molar-refractivity contribution in [1.29, 1.82) is 5.26 Å². The Morgan fingerprint density at radius 3 is 2.56 bits per heavy atom. The van der Waals surface area contributed by atoms with Crippen LogP contribution < -0.4 is 10.2 Å². The summed E-state index contributed by atoms with van der Waals surface area (Å²) in [7, 11) is 3.74. The molecule has 0 radical (unpaired) electrons. The number of nitrogens with one attached hydrogen (secondary N) is 1. The zero-order valence-corrected chi connectivity index (χ0v) is 14.3. The summed E-state index contributed by atoms with van der Waals surface area (Å²) in [6.45, 7) is 1.48. The minimum absolute atomic E-state index is 0.341. The number of benzene rings is 2. The lowest BCUT2D eigenvalue weighted by atomic mass is 10.2. The molecule has 128 valence electrons. The normalized spacial score (nSPS) is 11.1. The van der Waals surface area contributed by atoms with Crippen LogP contribution in [-0.4, -0.2) is 32.1 Å². The molecule has 25 heavy (non-hydrogen) atoms. The van der Waals surface area contributed by atoms with Crippen molar-refractivity contribution in [2.45, 2.75) is 13.0 Å². The van der Waals surface area contributed by atoms with E-state index in [0.717, 1.165) is 5.69 Å². The van der Waals surface area contributed by atoms with E-state index in [1.165, 1.54) is 6.92 Å². The van der Waals surface area contributed by atoms with E-state index in [1.807, 2.05) is 31.1 Å². The van der Waals surface area contributed by atoms with Gasteiger partial charge in [0, 0.05) is 19.8 Å². The van der Waals surface area contributed by atoms with Gasteiger partial charge >= 0.3 is 5.97 Å². The largest absolute Gasteiger partial charge is 0.449 e. The molecule has 2 aromatic carbocycles. The third kappa shape index (κ3) is 4.58. The highest BCUT2D eigenvalue weighted by atomic mass is 16.5. The summed E-state index contributed by atoms with van der Waals surface area (Å²) in [5.41, 5.74) is 1.94. The second-order valence-corrected chi connectivity index (χ2v) is 5.64. The summed E-state index contributed by atoms with van der Waals surface area (Å²) in [6, 6.07) is 15.6. The topological polar surface area (TPSA) is 82.4 Å². The molecule has 0 saturated carbocycles. The molecule has 2 rings (SSSR count). The Labute approximate surface area is 146 Å². The van der Waals surface area contributed by atoms with Gasteiger partial charge in [-0.1, -0.05) is 18.2 Å². The Bertz CT molecular complexity index is 825. The zero-order valence-electron chi connectivity index (χ0n) is 14.3. The van der Waals surface area contributed by atoms with Gasteiger partial charge in [0.1, 0.15) is 6.07 Å². The number of rotatable bonds is 5. The van der Waals surface area contributed by atoms with Crippen LogP contribution in [0.15, 0.2) is 48.5 Å². The molecule has 0 saturated heterocycles. The van der Waals surface area contributed by atoms with Crippen LogP contribution >= 0.6 is 0 Å². The van der Waals surface area contributed by atoms with Gasteiger partial charge in [-0.05, 0) is 37.3 Å². The number of carbonyl (C=O) groups excluding carboxylic acids is 2. The Balaban J connectivity index is 2.05. The average molecular weight is 337 g/mol. The third-order valence-electron chi connectivity index (χ3n) is 3.56. The van der Waals surface area contributed by atoms with Crippen molar-refractivity contribution < 1.29 is 14.3 Å². The van der Waals surface area contributed by atoms with E-state index < -0.39 is 18.0 Å². The van der Waals surface area contributed by atoms with Gasteiger partial charge in [-0.15, -0.1) is 0 Å². The molecule has 6 nitrogen and oxygen atoms in total. The summed E-state index contributed by atoms with van der Waals surface area (Å²) < 4.78 is 5.23. The molecule has 1 amide bonds. The van der Waals surface area contributed by atoms with Crippen LogP contribution in [0.4, 0.5) is 11.4 Å². The number of amides is 1. The van der Waals surface area contributed by atoms with E-state index in [1.54, 1.807) is 42.5 Å². The fourth-order valence-electron chi connectivity index (χ4n) is 2.12. The predicted molar refractivity (Wildman–Crippen MR) is 95.4 cm³/mol. The number of carbonyl (C=O) groups is 2. The molecular formula is C19H19N3O3. The first-order valence-corrected chi connectivity index (χ1v) is 7.70. The predicted octanol–water partition coefficient (Wildman–Crippen LogP) is 2.81. The van der Waals surface area contributed by atoms with E-state index in [4.69, 9.17) is 10.00 Å². The summed E-state index contributed by atoms with van der Waals surface area (Å²) >= 11 is 0. The second kappa shape index (κ2) is 7.97. The van der Waals surface area contributed by atoms with Gasteiger partial charge < -0.3 is 15.0 Å². The van der Waals surface area contributed by atoms with Gasteiger partial charge in [-0.3, -0.25) is 4.79 Å². The minimum atomic E-state index is -0.998. The van der Waals surface area contributed by atoms with Gasteiger partial charge in [-0.2, -0.15) is 5.26 Å². The lowest BCUT2D eigenvalue weighted by Gasteiger charge is -2.16. The van der Waals surface area contributed by atoms with Crippen LogP contribution in [0, 0.1) is 11.3 Å². The maximum Gasteiger partial charge on any atom is 0.338 e. The Kier molecular flexibility index (Phi) is 5.75. The van der Waals surface area contributed by atoms with Gasteiger partial charge in [0.2, 0.25) is 0 Å². The maximum absolute atomic E-state index is 12.2. The monoisotopic (exact) mass is 337 g/mol. The van der Waals surface area contributed by atoms with Crippen molar-refractivity contribution in [3.63, 3.8) is 0 Å². The highest BCUT2D eigenvalue weighted by Gasteiger charge is 2.20.